The molecule has 0 heterocycles. The van der Waals surface area contributed by atoms with Gasteiger partial charge in [0.2, 0.25) is 0 Å². The largest absolute Gasteiger partial charge is 0.417 e. The van der Waals surface area contributed by atoms with E-state index in [1.807, 2.05) is 0 Å². The van der Waals surface area contributed by atoms with Crippen LogP contribution in [0.5, 0.6) is 0 Å². The number of alkyl halides is 4. The van der Waals surface area contributed by atoms with Crippen molar-refractivity contribution in [1.82, 2.24) is 0 Å². The molecule has 0 aromatic heterocycles. The quantitative estimate of drug-likeness (QED) is 0.449. The molecule has 1 aromatic carbocycles. The number of ketones is 1. The summed E-state index contributed by atoms with van der Waals surface area (Å²) in [6.45, 7) is 0. The summed E-state index contributed by atoms with van der Waals surface area (Å²) in [7, 11) is 0. The second-order valence-corrected chi connectivity index (χ2v) is 4.67. The van der Waals surface area contributed by atoms with Gasteiger partial charge < -0.3 is 0 Å². The fraction of sp³-hybridized carbons (Fsp3) is 0.300. The molecule has 0 radical (unpaired) electrons. The molecular weight excluding hydrogens is 355 g/mol. The number of carbonyl (C=O) groups is 1. The minimum atomic E-state index is -4.52. The van der Waals surface area contributed by atoms with Gasteiger partial charge in [-0.2, -0.15) is 13.2 Å². The third kappa shape index (κ3) is 3.35. The molecule has 0 atom stereocenters. The molecule has 0 N–H and O–H groups in total. The van der Waals surface area contributed by atoms with Crippen LogP contribution in [0.3, 0.4) is 0 Å². The summed E-state index contributed by atoms with van der Waals surface area (Å²) in [5, 5.41) is 0. The summed E-state index contributed by atoms with van der Waals surface area (Å²) < 4.78 is 38.4. The zero-order chi connectivity index (χ0) is 12.3. The first-order valence-corrected chi connectivity index (χ1v) is 5.93. The Hall–Kier alpha value is -0.300. The van der Waals surface area contributed by atoms with Crippen molar-refractivity contribution in [3.8, 4) is 0 Å². The molecule has 16 heavy (non-hydrogen) atoms. The van der Waals surface area contributed by atoms with E-state index in [-0.39, 0.29) is 17.9 Å². The molecule has 0 fully saturated rings. The van der Waals surface area contributed by atoms with Crippen molar-refractivity contribution in [2.24, 2.45) is 0 Å². The molecule has 0 aliphatic rings. The Morgan fingerprint density at radius 1 is 1.38 bits per heavy atom. The molecular formula is C10H7ClF3IO. The van der Waals surface area contributed by atoms with E-state index < -0.39 is 17.5 Å². The van der Waals surface area contributed by atoms with E-state index in [1.165, 1.54) is 12.1 Å². The van der Waals surface area contributed by atoms with Crippen LogP contribution < -0.4 is 0 Å². The fourth-order valence-electron chi connectivity index (χ4n) is 1.21. The van der Waals surface area contributed by atoms with E-state index in [0.717, 1.165) is 6.07 Å². The molecule has 0 spiro atoms. The van der Waals surface area contributed by atoms with E-state index in [2.05, 4.69) is 0 Å². The molecule has 0 aliphatic heterocycles. The highest BCUT2D eigenvalue weighted by Gasteiger charge is 2.35. The minimum Gasteiger partial charge on any atom is -0.294 e. The van der Waals surface area contributed by atoms with Crippen molar-refractivity contribution in [2.75, 3.05) is 5.88 Å². The lowest BCUT2D eigenvalue weighted by Gasteiger charge is -2.12. The smallest absolute Gasteiger partial charge is 0.294 e. The SMILES string of the molecule is O=C(CCCl)c1ccc(I)cc1C(F)(F)F. The molecule has 0 aliphatic carbocycles. The lowest BCUT2D eigenvalue weighted by atomic mass is 10.0. The van der Waals surface area contributed by atoms with Crippen molar-refractivity contribution in [3.05, 3.63) is 32.9 Å². The van der Waals surface area contributed by atoms with Gasteiger partial charge in [-0.1, -0.05) is 0 Å². The van der Waals surface area contributed by atoms with Crippen LogP contribution in [0.15, 0.2) is 18.2 Å². The highest BCUT2D eigenvalue weighted by molar-refractivity contribution is 14.1. The van der Waals surface area contributed by atoms with Crippen LogP contribution in [0.4, 0.5) is 13.2 Å². The number of Topliss-reactive ketones (excluding diaryl/α,β-unsaturated/α-hetero) is 1. The highest BCUT2D eigenvalue weighted by Crippen LogP contribution is 2.33. The van der Waals surface area contributed by atoms with Crippen molar-refractivity contribution in [2.45, 2.75) is 12.6 Å². The van der Waals surface area contributed by atoms with Crippen molar-refractivity contribution in [3.63, 3.8) is 0 Å². The Morgan fingerprint density at radius 2 is 2.00 bits per heavy atom. The highest BCUT2D eigenvalue weighted by atomic mass is 127. The van der Waals surface area contributed by atoms with Crippen LogP contribution in [0, 0.1) is 3.57 Å². The number of halogens is 5. The summed E-state index contributed by atoms with van der Waals surface area (Å²) >= 11 is 7.11. The summed E-state index contributed by atoms with van der Waals surface area (Å²) in [4.78, 5) is 11.4. The van der Waals surface area contributed by atoms with E-state index in [4.69, 9.17) is 11.6 Å². The number of hydrogen-bond donors (Lipinski definition) is 0. The molecule has 0 amide bonds. The number of hydrogen-bond acceptors (Lipinski definition) is 1. The first kappa shape index (κ1) is 13.8. The maximum Gasteiger partial charge on any atom is 0.417 e. The molecule has 0 bridgehead atoms. The lowest BCUT2D eigenvalue weighted by Crippen LogP contribution is -2.13. The molecule has 0 saturated heterocycles. The molecule has 88 valence electrons. The summed E-state index contributed by atoms with van der Waals surface area (Å²) in [6, 6.07) is 3.62. The van der Waals surface area contributed by atoms with Crippen LogP contribution >= 0.6 is 34.2 Å². The monoisotopic (exact) mass is 362 g/mol. The van der Waals surface area contributed by atoms with Gasteiger partial charge in [0.25, 0.3) is 0 Å². The van der Waals surface area contributed by atoms with Crippen LogP contribution in [-0.4, -0.2) is 11.7 Å². The lowest BCUT2D eigenvalue weighted by molar-refractivity contribution is -0.138. The van der Waals surface area contributed by atoms with Gasteiger partial charge in [0.1, 0.15) is 0 Å². The van der Waals surface area contributed by atoms with Gasteiger partial charge >= 0.3 is 6.18 Å². The third-order valence-corrected chi connectivity index (χ3v) is 2.77. The van der Waals surface area contributed by atoms with Gasteiger partial charge in [-0.15, -0.1) is 11.6 Å². The van der Waals surface area contributed by atoms with Gasteiger partial charge in [0.05, 0.1) is 5.56 Å². The van der Waals surface area contributed by atoms with Crippen LogP contribution in [0.1, 0.15) is 22.3 Å². The van der Waals surface area contributed by atoms with E-state index >= 15 is 0 Å². The summed E-state index contributed by atoms with van der Waals surface area (Å²) in [5.74, 6) is -0.569. The maximum absolute atomic E-state index is 12.6. The Bertz CT molecular complexity index is 404. The average molecular weight is 363 g/mol. The van der Waals surface area contributed by atoms with E-state index in [9.17, 15) is 18.0 Å². The Balaban J connectivity index is 3.23. The second kappa shape index (κ2) is 5.35. The number of benzene rings is 1. The minimum absolute atomic E-state index is 0.0160. The van der Waals surface area contributed by atoms with Crippen molar-refractivity contribution < 1.29 is 18.0 Å². The first-order chi connectivity index (χ1) is 7.36. The topological polar surface area (TPSA) is 17.1 Å². The Labute approximate surface area is 109 Å². The standard InChI is InChI=1S/C10H7ClF3IO/c11-4-3-9(16)7-2-1-6(15)5-8(7)10(12,13)14/h1-2,5H,3-4H2. The van der Waals surface area contributed by atoms with Crippen LogP contribution in [0.2, 0.25) is 0 Å². The zero-order valence-electron chi connectivity index (χ0n) is 7.94. The van der Waals surface area contributed by atoms with Gasteiger partial charge in [0.15, 0.2) is 5.78 Å². The fourth-order valence-corrected chi connectivity index (χ4v) is 1.88. The normalized spacial score (nSPS) is 11.6. The molecule has 1 aromatic rings. The Morgan fingerprint density at radius 3 is 2.50 bits per heavy atom. The zero-order valence-corrected chi connectivity index (χ0v) is 10.9. The predicted molar refractivity (Wildman–Crippen MR) is 63.8 cm³/mol. The van der Waals surface area contributed by atoms with Crippen molar-refractivity contribution >= 4 is 40.0 Å². The first-order valence-electron chi connectivity index (χ1n) is 4.32. The number of rotatable bonds is 3. The van der Waals surface area contributed by atoms with Crippen molar-refractivity contribution in [1.29, 1.82) is 0 Å². The van der Waals surface area contributed by atoms with E-state index in [0.29, 0.717) is 3.57 Å². The maximum atomic E-state index is 12.6. The average Bonchev–Trinajstić information content (AvgIpc) is 2.16. The van der Waals surface area contributed by atoms with Gasteiger partial charge in [-0.05, 0) is 40.8 Å². The molecule has 0 unspecified atom stereocenters. The van der Waals surface area contributed by atoms with Gasteiger partial charge in [0, 0.05) is 21.4 Å². The number of carbonyl (C=O) groups excluding carboxylic acids is 1. The van der Waals surface area contributed by atoms with Gasteiger partial charge in [-0.3, -0.25) is 4.79 Å². The molecule has 1 rings (SSSR count). The summed E-state index contributed by atoms with van der Waals surface area (Å²) in [6.07, 6.45) is -4.61. The molecule has 0 saturated carbocycles. The molecule has 6 heteroatoms. The Kier molecular flexibility index (Phi) is 4.61. The third-order valence-electron chi connectivity index (χ3n) is 1.91. The van der Waals surface area contributed by atoms with Crippen LogP contribution in [-0.2, 0) is 6.18 Å². The second-order valence-electron chi connectivity index (χ2n) is 3.05. The molecule has 1 nitrogen and oxygen atoms in total. The summed E-state index contributed by atoms with van der Waals surface area (Å²) in [5.41, 5.74) is -1.21. The van der Waals surface area contributed by atoms with Gasteiger partial charge in [-0.25, -0.2) is 0 Å². The van der Waals surface area contributed by atoms with E-state index in [1.54, 1.807) is 22.6 Å². The predicted octanol–water partition coefficient (Wildman–Crippen LogP) is 4.12. The van der Waals surface area contributed by atoms with Crippen LogP contribution in [0.25, 0.3) is 0 Å².